The van der Waals surface area contributed by atoms with E-state index in [1.807, 2.05) is 26.0 Å². The van der Waals surface area contributed by atoms with Crippen molar-refractivity contribution in [3.05, 3.63) is 41.5 Å². The van der Waals surface area contributed by atoms with Gasteiger partial charge in [-0.1, -0.05) is 0 Å². The molecule has 4 nitrogen and oxygen atoms in total. The molecule has 4 heteroatoms. The standard InChI is InChI=1S/C12H11N3O/c1-8-3-11(4-9(2)15-8)12-13-5-10(7-16)6-14-12/h3-7H,1-2H3. The molecule has 0 atom stereocenters. The molecule has 2 heterocycles. The van der Waals surface area contributed by atoms with Crippen molar-refractivity contribution >= 4 is 6.29 Å². The van der Waals surface area contributed by atoms with Crippen molar-refractivity contribution in [1.29, 1.82) is 0 Å². The van der Waals surface area contributed by atoms with Gasteiger partial charge < -0.3 is 0 Å². The minimum Gasteiger partial charge on any atom is -0.298 e. The van der Waals surface area contributed by atoms with Gasteiger partial charge in [-0.3, -0.25) is 9.78 Å². The summed E-state index contributed by atoms with van der Waals surface area (Å²) >= 11 is 0. The molecule has 16 heavy (non-hydrogen) atoms. The third-order valence-electron chi connectivity index (χ3n) is 2.15. The molecule has 0 spiro atoms. The number of aldehydes is 1. The van der Waals surface area contributed by atoms with E-state index in [4.69, 9.17) is 0 Å². The van der Waals surface area contributed by atoms with Crippen LogP contribution in [0.2, 0.25) is 0 Å². The van der Waals surface area contributed by atoms with Crippen molar-refractivity contribution in [3.63, 3.8) is 0 Å². The first-order valence-electron chi connectivity index (χ1n) is 4.92. The highest BCUT2D eigenvalue weighted by Gasteiger charge is 2.03. The van der Waals surface area contributed by atoms with Crippen LogP contribution in [0.3, 0.4) is 0 Å². The summed E-state index contributed by atoms with van der Waals surface area (Å²) in [4.78, 5) is 23.0. The summed E-state index contributed by atoms with van der Waals surface area (Å²) in [6, 6.07) is 3.84. The lowest BCUT2D eigenvalue weighted by molar-refractivity contribution is 0.112. The Hall–Kier alpha value is -2.10. The summed E-state index contributed by atoms with van der Waals surface area (Å²) in [5, 5.41) is 0. The number of hydrogen-bond donors (Lipinski definition) is 0. The van der Waals surface area contributed by atoms with E-state index in [-0.39, 0.29) is 0 Å². The Morgan fingerprint density at radius 2 is 1.62 bits per heavy atom. The van der Waals surface area contributed by atoms with E-state index in [0.29, 0.717) is 11.4 Å². The number of aromatic nitrogens is 3. The van der Waals surface area contributed by atoms with E-state index in [9.17, 15) is 4.79 Å². The zero-order valence-electron chi connectivity index (χ0n) is 9.14. The van der Waals surface area contributed by atoms with Gasteiger partial charge in [0.05, 0.1) is 5.56 Å². The van der Waals surface area contributed by atoms with Gasteiger partial charge in [0.2, 0.25) is 0 Å². The predicted octanol–water partition coefficient (Wildman–Crippen LogP) is 1.97. The van der Waals surface area contributed by atoms with Gasteiger partial charge in [0.25, 0.3) is 0 Å². The molecule has 0 amide bonds. The van der Waals surface area contributed by atoms with Crippen molar-refractivity contribution in [2.24, 2.45) is 0 Å². The van der Waals surface area contributed by atoms with Crippen LogP contribution in [-0.4, -0.2) is 21.2 Å². The predicted molar refractivity (Wildman–Crippen MR) is 60.1 cm³/mol. The van der Waals surface area contributed by atoms with Gasteiger partial charge in [-0.25, -0.2) is 9.97 Å². The molecule has 0 N–H and O–H groups in total. The molecule has 0 aliphatic heterocycles. The summed E-state index contributed by atoms with van der Waals surface area (Å²) in [7, 11) is 0. The van der Waals surface area contributed by atoms with Crippen LogP contribution in [-0.2, 0) is 0 Å². The first-order valence-corrected chi connectivity index (χ1v) is 4.92. The highest BCUT2D eigenvalue weighted by Crippen LogP contribution is 2.15. The van der Waals surface area contributed by atoms with Gasteiger partial charge in [0.15, 0.2) is 12.1 Å². The summed E-state index contributed by atoms with van der Waals surface area (Å²) in [6.07, 6.45) is 3.76. The van der Waals surface area contributed by atoms with Crippen molar-refractivity contribution < 1.29 is 4.79 Å². The Morgan fingerprint density at radius 3 is 2.12 bits per heavy atom. The molecule has 0 bridgehead atoms. The first kappa shape index (κ1) is 10.4. The minimum absolute atomic E-state index is 0.478. The number of carbonyl (C=O) groups is 1. The molecule has 2 rings (SSSR count). The number of pyridine rings is 1. The lowest BCUT2D eigenvalue weighted by Crippen LogP contribution is -1.94. The van der Waals surface area contributed by atoms with Crippen molar-refractivity contribution in [1.82, 2.24) is 15.0 Å². The van der Waals surface area contributed by atoms with Crippen molar-refractivity contribution in [3.8, 4) is 11.4 Å². The van der Waals surface area contributed by atoms with Crippen LogP contribution >= 0.6 is 0 Å². The van der Waals surface area contributed by atoms with Crippen LogP contribution in [0.5, 0.6) is 0 Å². The van der Waals surface area contributed by atoms with Gasteiger partial charge in [-0.2, -0.15) is 0 Å². The van der Waals surface area contributed by atoms with Crippen molar-refractivity contribution in [2.75, 3.05) is 0 Å². The Balaban J connectivity index is 2.45. The Kier molecular flexibility index (Phi) is 2.72. The molecular weight excluding hydrogens is 202 g/mol. The van der Waals surface area contributed by atoms with E-state index in [1.165, 1.54) is 12.4 Å². The number of nitrogens with zero attached hydrogens (tertiary/aromatic N) is 3. The highest BCUT2D eigenvalue weighted by molar-refractivity contribution is 5.73. The average Bonchev–Trinajstić information content (AvgIpc) is 2.28. The van der Waals surface area contributed by atoms with Crippen LogP contribution in [0, 0.1) is 13.8 Å². The summed E-state index contributed by atoms with van der Waals surface area (Å²) < 4.78 is 0. The van der Waals surface area contributed by atoms with E-state index in [1.54, 1.807) is 0 Å². The molecule has 80 valence electrons. The molecule has 2 aromatic heterocycles. The zero-order chi connectivity index (χ0) is 11.5. The van der Waals surface area contributed by atoms with Crippen LogP contribution in [0.25, 0.3) is 11.4 Å². The van der Waals surface area contributed by atoms with E-state index in [2.05, 4.69) is 15.0 Å². The molecule has 0 aliphatic rings. The van der Waals surface area contributed by atoms with Gasteiger partial charge >= 0.3 is 0 Å². The summed E-state index contributed by atoms with van der Waals surface area (Å²) in [6.45, 7) is 3.85. The Labute approximate surface area is 93.4 Å². The molecule has 0 unspecified atom stereocenters. The van der Waals surface area contributed by atoms with Gasteiger partial charge in [-0.05, 0) is 26.0 Å². The Morgan fingerprint density at radius 1 is 1.06 bits per heavy atom. The summed E-state index contributed by atoms with van der Waals surface area (Å²) in [5.74, 6) is 0.610. The van der Waals surface area contributed by atoms with Crippen LogP contribution in [0.4, 0.5) is 0 Å². The fourth-order valence-corrected chi connectivity index (χ4v) is 1.51. The highest BCUT2D eigenvalue weighted by atomic mass is 16.1. The molecule has 0 saturated heterocycles. The fraction of sp³-hybridized carbons (Fsp3) is 0.167. The van der Waals surface area contributed by atoms with E-state index < -0.39 is 0 Å². The maximum Gasteiger partial charge on any atom is 0.159 e. The number of rotatable bonds is 2. The second-order valence-electron chi connectivity index (χ2n) is 3.60. The zero-order valence-corrected chi connectivity index (χ0v) is 9.14. The number of aryl methyl sites for hydroxylation is 2. The largest absolute Gasteiger partial charge is 0.298 e. The topological polar surface area (TPSA) is 55.7 Å². The van der Waals surface area contributed by atoms with Crippen LogP contribution in [0.1, 0.15) is 21.7 Å². The molecule has 0 radical (unpaired) electrons. The monoisotopic (exact) mass is 213 g/mol. The lowest BCUT2D eigenvalue weighted by Gasteiger charge is -2.02. The molecule has 0 aromatic carbocycles. The number of carbonyl (C=O) groups excluding carboxylic acids is 1. The normalized spacial score (nSPS) is 10.1. The van der Waals surface area contributed by atoms with E-state index in [0.717, 1.165) is 23.2 Å². The fourth-order valence-electron chi connectivity index (χ4n) is 1.51. The smallest absolute Gasteiger partial charge is 0.159 e. The molecule has 0 saturated carbocycles. The maximum absolute atomic E-state index is 10.5. The first-order chi connectivity index (χ1) is 7.69. The van der Waals surface area contributed by atoms with Crippen LogP contribution in [0.15, 0.2) is 24.5 Å². The second kappa shape index (κ2) is 4.18. The molecule has 0 fully saturated rings. The maximum atomic E-state index is 10.5. The average molecular weight is 213 g/mol. The lowest BCUT2D eigenvalue weighted by atomic mass is 10.2. The van der Waals surface area contributed by atoms with Gasteiger partial charge in [0.1, 0.15) is 0 Å². The minimum atomic E-state index is 0.478. The SMILES string of the molecule is Cc1cc(-c2ncc(C=O)cn2)cc(C)n1. The van der Waals surface area contributed by atoms with Gasteiger partial charge in [0, 0.05) is 29.3 Å². The van der Waals surface area contributed by atoms with E-state index >= 15 is 0 Å². The van der Waals surface area contributed by atoms with Gasteiger partial charge in [-0.15, -0.1) is 0 Å². The van der Waals surface area contributed by atoms with Crippen molar-refractivity contribution in [2.45, 2.75) is 13.8 Å². The second-order valence-corrected chi connectivity index (χ2v) is 3.60. The Bertz CT molecular complexity index is 500. The summed E-state index contributed by atoms with van der Waals surface area (Å²) in [5.41, 5.74) is 3.25. The molecule has 0 aliphatic carbocycles. The third kappa shape index (κ3) is 2.11. The molecular formula is C12H11N3O. The molecule has 2 aromatic rings. The number of hydrogen-bond acceptors (Lipinski definition) is 4. The third-order valence-corrected chi connectivity index (χ3v) is 2.15. The quantitative estimate of drug-likeness (QED) is 0.715. The van der Waals surface area contributed by atoms with Crippen LogP contribution < -0.4 is 0 Å².